The van der Waals surface area contributed by atoms with E-state index in [1.54, 1.807) is 38.4 Å². The molecule has 3 aromatic rings. The minimum atomic E-state index is -4.78. The van der Waals surface area contributed by atoms with Gasteiger partial charge in [0.2, 0.25) is 11.1 Å². The van der Waals surface area contributed by atoms with Crippen molar-refractivity contribution >= 4 is 29.3 Å². The molecule has 1 heterocycles. The number of amides is 2. The second-order valence-corrected chi connectivity index (χ2v) is 7.47. The predicted molar refractivity (Wildman–Crippen MR) is 110 cm³/mol. The van der Waals surface area contributed by atoms with Crippen LogP contribution in [0, 0.1) is 0 Å². The van der Waals surface area contributed by atoms with E-state index in [0.29, 0.717) is 16.9 Å². The van der Waals surface area contributed by atoms with Crippen molar-refractivity contribution in [1.29, 1.82) is 0 Å². The number of hydrogen-bond donors (Lipinski definition) is 1. The number of nitrogens with zero attached hydrogens (tertiary/aromatic N) is 5. The fraction of sp³-hybridized carbons (Fsp3) is 0.211. The number of tetrazole rings is 1. The van der Waals surface area contributed by atoms with Crippen LogP contribution in [0.4, 0.5) is 18.9 Å². The molecule has 0 fully saturated rings. The first-order chi connectivity index (χ1) is 15.1. The maximum Gasteiger partial charge on any atom is 0.573 e. The lowest BCUT2D eigenvalue weighted by Crippen LogP contribution is -2.21. The van der Waals surface area contributed by atoms with E-state index >= 15 is 0 Å². The van der Waals surface area contributed by atoms with Crippen molar-refractivity contribution in [2.45, 2.75) is 11.5 Å². The van der Waals surface area contributed by atoms with Gasteiger partial charge in [-0.2, -0.15) is 4.68 Å². The van der Waals surface area contributed by atoms with Crippen LogP contribution in [0.1, 0.15) is 10.4 Å². The number of ether oxygens (including phenoxy) is 1. The van der Waals surface area contributed by atoms with Crippen LogP contribution in [0.5, 0.6) is 5.75 Å². The minimum Gasteiger partial charge on any atom is -0.406 e. The van der Waals surface area contributed by atoms with Gasteiger partial charge < -0.3 is 15.0 Å². The number of thioether (sulfide) groups is 1. The van der Waals surface area contributed by atoms with Crippen LogP contribution in [-0.2, 0) is 4.79 Å². The Morgan fingerprint density at radius 2 is 1.75 bits per heavy atom. The van der Waals surface area contributed by atoms with Crippen LogP contribution in [0.3, 0.4) is 0 Å². The van der Waals surface area contributed by atoms with Gasteiger partial charge in [-0.25, -0.2) is 0 Å². The van der Waals surface area contributed by atoms with Gasteiger partial charge in [0.05, 0.1) is 11.4 Å². The van der Waals surface area contributed by atoms with Crippen LogP contribution in [0.15, 0.2) is 53.7 Å². The summed E-state index contributed by atoms with van der Waals surface area (Å²) < 4.78 is 42.0. The molecule has 0 saturated carbocycles. The number of aromatic nitrogens is 4. The number of hydrogen-bond acceptors (Lipinski definition) is 7. The first-order valence-electron chi connectivity index (χ1n) is 9.01. The van der Waals surface area contributed by atoms with Gasteiger partial charge >= 0.3 is 6.36 Å². The summed E-state index contributed by atoms with van der Waals surface area (Å²) in [6.45, 7) is 0. The van der Waals surface area contributed by atoms with Crippen LogP contribution in [0.25, 0.3) is 5.69 Å². The smallest absolute Gasteiger partial charge is 0.406 e. The fourth-order valence-corrected chi connectivity index (χ4v) is 3.19. The zero-order valence-corrected chi connectivity index (χ0v) is 17.6. The van der Waals surface area contributed by atoms with Gasteiger partial charge in [0.1, 0.15) is 5.75 Å². The number of halogens is 3. The second-order valence-electron chi connectivity index (χ2n) is 6.53. The summed E-state index contributed by atoms with van der Waals surface area (Å²) in [5.74, 6) is -0.872. The summed E-state index contributed by atoms with van der Waals surface area (Å²) in [6.07, 6.45) is -4.78. The molecule has 3 rings (SSSR count). The highest BCUT2D eigenvalue weighted by atomic mass is 32.2. The lowest BCUT2D eigenvalue weighted by Gasteiger charge is -2.11. The molecular weight excluding hydrogens is 449 g/mol. The summed E-state index contributed by atoms with van der Waals surface area (Å²) in [6, 6.07) is 11.4. The van der Waals surface area contributed by atoms with Gasteiger partial charge in [0, 0.05) is 25.3 Å². The molecule has 0 unspecified atom stereocenters. The normalized spacial score (nSPS) is 11.2. The Morgan fingerprint density at radius 1 is 1.09 bits per heavy atom. The quantitative estimate of drug-likeness (QED) is 0.534. The molecule has 0 aliphatic carbocycles. The monoisotopic (exact) mass is 466 g/mol. The lowest BCUT2D eigenvalue weighted by atomic mass is 10.2. The second kappa shape index (κ2) is 9.68. The molecule has 0 aliphatic heterocycles. The molecule has 32 heavy (non-hydrogen) atoms. The van der Waals surface area contributed by atoms with Gasteiger partial charge in [-0.15, -0.1) is 18.3 Å². The van der Waals surface area contributed by atoms with Crippen molar-refractivity contribution in [2.75, 3.05) is 25.2 Å². The Balaban J connectivity index is 1.58. The van der Waals surface area contributed by atoms with Crippen molar-refractivity contribution in [3.63, 3.8) is 0 Å². The molecule has 13 heteroatoms. The van der Waals surface area contributed by atoms with Crippen LogP contribution >= 0.6 is 11.8 Å². The van der Waals surface area contributed by atoms with Gasteiger partial charge in [-0.05, 0) is 59.0 Å². The third kappa shape index (κ3) is 6.20. The number of alkyl halides is 3. The molecule has 1 aromatic heterocycles. The largest absolute Gasteiger partial charge is 0.573 e. The highest BCUT2D eigenvalue weighted by Crippen LogP contribution is 2.25. The predicted octanol–water partition coefficient (Wildman–Crippen LogP) is 2.99. The van der Waals surface area contributed by atoms with Gasteiger partial charge in [-0.3, -0.25) is 9.59 Å². The average molecular weight is 466 g/mol. The molecule has 0 bridgehead atoms. The Bertz CT molecular complexity index is 1080. The van der Waals surface area contributed by atoms with E-state index in [2.05, 4.69) is 25.6 Å². The molecule has 1 N–H and O–H groups in total. The van der Waals surface area contributed by atoms with Crippen LogP contribution in [-0.4, -0.2) is 63.1 Å². The Morgan fingerprint density at radius 3 is 2.34 bits per heavy atom. The zero-order valence-electron chi connectivity index (χ0n) is 16.8. The molecule has 168 valence electrons. The van der Waals surface area contributed by atoms with E-state index in [-0.39, 0.29) is 28.5 Å². The van der Waals surface area contributed by atoms with Crippen LogP contribution in [0.2, 0.25) is 0 Å². The van der Waals surface area contributed by atoms with Gasteiger partial charge in [0.15, 0.2) is 0 Å². The van der Waals surface area contributed by atoms with Gasteiger partial charge in [0.25, 0.3) is 5.91 Å². The molecule has 0 spiro atoms. The summed E-state index contributed by atoms with van der Waals surface area (Å²) in [5, 5.41) is 14.2. The third-order valence-electron chi connectivity index (χ3n) is 3.91. The Labute approximate surface area is 184 Å². The summed E-state index contributed by atoms with van der Waals surface area (Å²) in [5.41, 5.74) is 1.41. The maximum atomic E-state index is 12.3. The van der Waals surface area contributed by atoms with Crippen LogP contribution < -0.4 is 10.1 Å². The highest BCUT2D eigenvalue weighted by Gasteiger charge is 2.31. The summed E-state index contributed by atoms with van der Waals surface area (Å²) in [7, 11) is 3.29. The molecule has 2 amide bonds. The summed E-state index contributed by atoms with van der Waals surface area (Å²) in [4.78, 5) is 25.6. The highest BCUT2D eigenvalue weighted by molar-refractivity contribution is 7.99. The molecule has 2 aromatic carbocycles. The number of carbonyl (C=O) groups is 2. The zero-order chi connectivity index (χ0) is 23.3. The van der Waals surface area contributed by atoms with Crippen molar-refractivity contribution in [1.82, 2.24) is 25.1 Å². The Kier molecular flexibility index (Phi) is 6.98. The number of anilines is 1. The van der Waals surface area contributed by atoms with Crippen molar-refractivity contribution in [3.8, 4) is 11.4 Å². The fourth-order valence-electron chi connectivity index (χ4n) is 2.50. The lowest BCUT2D eigenvalue weighted by molar-refractivity contribution is -0.274. The maximum absolute atomic E-state index is 12.3. The molecule has 0 aliphatic rings. The van der Waals surface area contributed by atoms with E-state index in [4.69, 9.17) is 0 Å². The first-order valence-corrected chi connectivity index (χ1v) is 10.00. The standard InChI is InChI=1S/C19H17F3N6O3S/c1-27(2)17(30)12-3-5-13(6-4-12)23-16(29)11-32-18-24-25-26-28(18)14-7-9-15(10-8-14)31-19(20,21)22/h3-10H,11H2,1-2H3,(H,23,29). The number of benzene rings is 2. The minimum absolute atomic E-state index is 0.0198. The third-order valence-corrected chi connectivity index (χ3v) is 4.83. The van der Waals surface area contributed by atoms with E-state index in [1.807, 2.05) is 0 Å². The molecule has 0 saturated heterocycles. The SMILES string of the molecule is CN(C)C(=O)c1ccc(NC(=O)CSc2nnnn2-c2ccc(OC(F)(F)F)cc2)cc1. The molecule has 0 atom stereocenters. The first kappa shape index (κ1) is 23.1. The number of rotatable bonds is 7. The van der Waals surface area contributed by atoms with E-state index in [9.17, 15) is 22.8 Å². The van der Waals surface area contributed by atoms with Gasteiger partial charge in [-0.1, -0.05) is 11.8 Å². The van der Waals surface area contributed by atoms with E-state index < -0.39 is 6.36 Å². The average Bonchev–Trinajstić information content (AvgIpc) is 3.20. The van der Waals surface area contributed by atoms with E-state index in [0.717, 1.165) is 23.9 Å². The topological polar surface area (TPSA) is 102 Å². The number of nitrogens with one attached hydrogen (secondary N) is 1. The number of carbonyl (C=O) groups excluding carboxylic acids is 2. The molecular formula is C19H17F3N6O3S. The Hall–Kier alpha value is -3.61. The van der Waals surface area contributed by atoms with Crippen molar-refractivity contribution < 1.29 is 27.5 Å². The molecule has 0 radical (unpaired) electrons. The molecule has 9 nitrogen and oxygen atoms in total. The van der Waals surface area contributed by atoms with E-state index in [1.165, 1.54) is 21.7 Å². The van der Waals surface area contributed by atoms with Crippen molar-refractivity contribution in [2.24, 2.45) is 0 Å². The van der Waals surface area contributed by atoms with Crippen molar-refractivity contribution in [3.05, 3.63) is 54.1 Å². The summed E-state index contributed by atoms with van der Waals surface area (Å²) >= 11 is 1.04.